The van der Waals surface area contributed by atoms with Crippen LogP contribution in [0.5, 0.6) is 0 Å². The van der Waals surface area contributed by atoms with Crippen molar-refractivity contribution in [2.45, 2.75) is 13.0 Å². The number of ether oxygens (including phenoxy) is 2. The van der Waals surface area contributed by atoms with Gasteiger partial charge in [-0.25, -0.2) is 0 Å². The van der Waals surface area contributed by atoms with E-state index in [2.05, 4.69) is 5.32 Å². The van der Waals surface area contributed by atoms with Crippen molar-refractivity contribution in [3.8, 4) is 0 Å². The van der Waals surface area contributed by atoms with Crippen molar-refractivity contribution in [2.24, 2.45) is 5.92 Å². The highest BCUT2D eigenvalue weighted by Gasteiger charge is 2.34. The maximum absolute atomic E-state index is 12.1. The van der Waals surface area contributed by atoms with Gasteiger partial charge < -0.3 is 19.7 Å². The number of nitrogens with zero attached hydrogens (tertiary/aromatic N) is 1. The fourth-order valence-electron chi connectivity index (χ4n) is 1.82. The Kier molecular flexibility index (Phi) is 5.73. The Morgan fingerprint density at radius 3 is 2.94 bits per heavy atom. The van der Waals surface area contributed by atoms with Crippen LogP contribution in [-0.2, 0) is 14.3 Å². The van der Waals surface area contributed by atoms with Crippen LogP contribution in [0, 0.1) is 5.92 Å². The minimum atomic E-state index is -0.0587. The number of rotatable bonds is 6. The van der Waals surface area contributed by atoms with E-state index in [1.807, 2.05) is 21.0 Å². The van der Waals surface area contributed by atoms with Gasteiger partial charge in [-0.1, -0.05) is 0 Å². The van der Waals surface area contributed by atoms with Gasteiger partial charge in [0, 0.05) is 26.2 Å². The Morgan fingerprint density at radius 1 is 1.56 bits per heavy atom. The summed E-state index contributed by atoms with van der Waals surface area (Å²) in [7, 11) is 3.67. The molecule has 0 bridgehead atoms. The van der Waals surface area contributed by atoms with Crippen molar-refractivity contribution >= 4 is 5.91 Å². The zero-order chi connectivity index (χ0) is 12.0. The lowest BCUT2D eigenvalue weighted by Crippen LogP contribution is -2.44. The van der Waals surface area contributed by atoms with Crippen LogP contribution < -0.4 is 5.32 Å². The van der Waals surface area contributed by atoms with Crippen molar-refractivity contribution < 1.29 is 14.3 Å². The van der Waals surface area contributed by atoms with Gasteiger partial charge in [-0.05, 0) is 14.0 Å². The fourth-order valence-corrected chi connectivity index (χ4v) is 1.82. The molecule has 0 aromatic rings. The minimum absolute atomic E-state index is 0.0587. The van der Waals surface area contributed by atoms with E-state index in [1.165, 1.54) is 0 Å². The Morgan fingerprint density at radius 2 is 2.31 bits per heavy atom. The quantitative estimate of drug-likeness (QED) is 0.637. The third-order valence-corrected chi connectivity index (χ3v) is 2.92. The first kappa shape index (κ1) is 13.4. The maximum Gasteiger partial charge on any atom is 0.229 e. The van der Waals surface area contributed by atoms with Gasteiger partial charge in [-0.2, -0.15) is 0 Å². The molecule has 0 aromatic heterocycles. The van der Waals surface area contributed by atoms with Crippen molar-refractivity contribution in [3.05, 3.63) is 0 Å². The summed E-state index contributed by atoms with van der Waals surface area (Å²) in [6, 6.07) is 0.141. The highest BCUT2D eigenvalue weighted by Crippen LogP contribution is 2.15. The highest BCUT2D eigenvalue weighted by molar-refractivity contribution is 5.79. The predicted molar refractivity (Wildman–Crippen MR) is 61.3 cm³/mol. The molecule has 5 heteroatoms. The van der Waals surface area contributed by atoms with Crippen LogP contribution in [0.15, 0.2) is 0 Å². The van der Waals surface area contributed by atoms with Crippen LogP contribution in [0.25, 0.3) is 0 Å². The van der Waals surface area contributed by atoms with Crippen molar-refractivity contribution in [3.63, 3.8) is 0 Å². The molecule has 1 N–H and O–H groups in total. The first-order valence-corrected chi connectivity index (χ1v) is 5.78. The second-order valence-corrected chi connectivity index (χ2v) is 4.00. The molecular weight excluding hydrogens is 208 g/mol. The summed E-state index contributed by atoms with van der Waals surface area (Å²) >= 11 is 0. The lowest BCUT2D eigenvalue weighted by molar-refractivity contribution is -0.135. The van der Waals surface area contributed by atoms with E-state index in [4.69, 9.17) is 9.47 Å². The number of hydrogen-bond donors (Lipinski definition) is 1. The summed E-state index contributed by atoms with van der Waals surface area (Å²) in [4.78, 5) is 13.8. The largest absolute Gasteiger partial charge is 0.380 e. The first-order chi connectivity index (χ1) is 7.70. The van der Waals surface area contributed by atoms with Gasteiger partial charge in [-0.15, -0.1) is 0 Å². The summed E-state index contributed by atoms with van der Waals surface area (Å²) in [5, 5.41) is 3.11. The van der Waals surface area contributed by atoms with Gasteiger partial charge in [0.1, 0.15) is 0 Å². The summed E-state index contributed by atoms with van der Waals surface area (Å²) < 4.78 is 10.5. The molecule has 0 aliphatic carbocycles. The monoisotopic (exact) mass is 230 g/mol. The molecule has 0 spiro atoms. The number of carbonyl (C=O) groups excluding carboxylic acids is 1. The molecule has 1 rings (SSSR count). The van der Waals surface area contributed by atoms with Crippen molar-refractivity contribution in [2.75, 3.05) is 47.1 Å². The average Bonchev–Trinajstić information content (AvgIpc) is 2.76. The zero-order valence-electron chi connectivity index (χ0n) is 10.4. The van der Waals surface area contributed by atoms with Crippen molar-refractivity contribution in [1.29, 1.82) is 0 Å². The molecule has 0 radical (unpaired) electrons. The third kappa shape index (κ3) is 3.43. The first-order valence-electron chi connectivity index (χ1n) is 5.78. The van der Waals surface area contributed by atoms with Crippen LogP contribution in [0.4, 0.5) is 0 Å². The van der Waals surface area contributed by atoms with E-state index in [0.29, 0.717) is 33.0 Å². The molecule has 0 saturated carbocycles. The summed E-state index contributed by atoms with van der Waals surface area (Å²) in [6.45, 7) is 5.00. The Balaban J connectivity index is 2.37. The fraction of sp³-hybridized carbons (Fsp3) is 0.909. The number of amides is 1. The summed E-state index contributed by atoms with van der Waals surface area (Å²) in [6.07, 6.45) is 0. The molecule has 1 amide bonds. The summed E-state index contributed by atoms with van der Waals surface area (Å²) in [5.74, 6) is 0.0770. The Hall–Kier alpha value is -0.650. The molecule has 1 saturated heterocycles. The lowest BCUT2D eigenvalue weighted by Gasteiger charge is -2.23. The van der Waals surface area contributed by atoms with Gasteiger partial charge in [0.2, 0.25) is 5.91 Å². The van der Waals surface area contributed by atoms with Crippen LogP contribution in [0.3, 0.4) is 0 Å². The van der Waals surface area contributed by atoms with E-state index in [0.717, 1.165) is 0 Å². The lowest BCUT2D eigenvalue weighted by atomic mass is 10.0. The molecular formula is C11H22N2O3. The number of nitrogens with one attached hydrogen (secondary N) is 1. The third-order valence-electron chi connectivity index (χ3n) is 2.92. The minimum Gasteiger partial charge on any atom is -0.380 e. The van der Waals surface area contributed by atoms with Gasteiger partial charge in [0.25, 0.3) is 0 Å². The van der Waals surface area contributed by atoms with Crippen LogP contribution in [-0.4, -0.2) is 63.9 Å². The second kappa shape index (κ2) is 6.83. The Labute approximate surface area is 97.1 Å². The topological polar surface area (TPSA) is 50.8 Å². The Bertz CT molecular complexity index is 223. The molecule has 0 aromatic carbocycles. The molecule has 1 fully saturated rings. The molecule has 5 nitrogen and oxygen atoms in total. The summed E-state index contributed by atoms with van der Waals surface area (Å²) in [5.41, 5.74) is 0. The van der Waals surface area contributed by atoms with E-state index >= 15 is 0 Å². The van der Waals surface area contributed by atoms with Gasteiger partial charge >= 0.3 is 0 Å². The molecule has 94 valence electrons. The SMILES string of the molecule is CCOCCN(C)C(=O)C1COCC1NC. The average molecular weight is 230 g/mol. The van der Waals surface area contributed by atoms with E-state index in [-0.39, 0.29) is 17.9 Å². The van der Waals surface area contributed by atoms with Crippen LogP contribution >= 0.6 is 0 Å². The molecule has 1 aliphatic rings. The number of carbonyl (C=O) groups is 1. The zero-order valence-corrected chi connectivity index (χ0v) is 10.4. The van der Waals surface area contributed by atoms with E-state index in [9.17, 15) is 4.79 Å². The van der Waals surface area contributed by atoms with E-state index in [1.54, 1.807) is 4.90 Å². The van der Waals surface area contributed by atoms with Gasteiger partial charge in [-0.3, -0.25) is 4.79 Å². The normalized spacial score (nSPS) is 24.7. The number of hydrogen-bond acceptors (Lipinski definition) is 4. The smallest absolute Gasteiger partial charge is 0.229 e. The standard InChI is InChI=1S/C11H22N2O3/c1-4-15-6-5-13(3)11(14)9-7-16-8-10(9)12-2/h9-10,12H,4-8H2,1-3H3. The number of likely N-dealkylation sites (N-methyl/N-ethyl adjacent to an activating group) is 2. The van der Waals surface area contributed by atoms with Gasteiger partial charge in [0.05, 0.1) is 25.7 Å². The van der Waals surface area contributed by atoms with Gasteiger partial charge in [0.15, 0.2) is 0 Å². The van der Waals surface area contributed by atoms with E-state index < -0.39 is 0 Å². The second-order valence-electron chi connectivity index (χ2n) is 4.00. The molecule has 1 aliphatic heterocycles. The van der Waals surface area contributed by atoms with Crippen LogP contribution in [0.2, 0.25) is 0 Å². The van der Waals surface area contributed by atoms with Crippen LogP contribution in [0.1, 0.15) is 6.92 Å². The predicted octanol–water partition coefficient (Wildman–Crippen LogP) is -0.284. The highest BCUT2D eigenvalue weighted by atomic mass is 16.5. The molecule has 1 heterocycles. The molecule has 2 atom stereocenters. The maximum atomic E-state index is 12.1. The molecule has 2 unspecified atom stereocenters. The molecule has 16 heavy (non-hydrogen) atoms. The van der Waals surface area contributed by atoms with Crippen molar-refractivity contribution in [1.82, 2.24) is 10.2 Å².